The summed E-state index contributed by atoms with van der Waals surface area (Å²) in [4.78, 5) is 11.5. The highest BCUT2D eigenvalue weighted by atomic mass is 35.5. The molecule has 1 aliphatic rings. The highest BCUT2D eigenvalue weighted by molar-refractivity contribution is 5.89. The summed E-state index contributed by atoms with van der Waals surface area (Å²) < 4.78 is 4.74. The van der Waals surface area contributed by atoms with Gasteiger partial charge in [-0.15, -0.1) is 12.4 Å². The van der Waals surface area contributed by atoms with Gasteiger partial charge in [0.2, 0.25) is 0 Å². The molecule has 2 rings (SSSR count). The van der Waals surface area contributed by atoms with Crippen LogP contribution in [0.3, 0.4) is 0 Å². The third kappa shape index (κ3) is 3.72. The standard InChI is InChI=1S/C14H19NO2.ClH/c1-17-14(16)12-7-5-6-11(10-12)13-8-3-2-4-9-15-13;/h5-7,10,13,15H,2-4,8-9H2,1H3;1H. The minimum Gasteiger partial charge on any atom is -0.465 e. The summed E-state index contributed by atoms with van der Waals surface area (Å²) in [6, 6.07) is 8.12. The van der Waals surface area contributed by atoms with Crippen LogP contribution < -0.4 is 5.32 Å². The Morgan fingerprint density at radius 2 is 2.17 bits per heavy atom. The summed E-state index contributed by atoms with van der Waals surface area (Å²) in [7, 11) is 1.42. The van der Waals surface area contributed by atoms with Crippen molar-refractivity contribution in [1.29, 1.82) is 0 Å². The molecule has 0 saturated carbocycles. The molecule has 1 aromatic carbocycles. The number of carbonyl (C=O) groups excluding carboxylic acids is 1. The Bertz CT molecular complexity index is 387. The fourth-order valence-electron chi connectivity index (χ4n) is 2.31. The Hall–Kier alpha value is -1.06. The van der Waals surface area contributed by atoms with E-state index in [2.05, 4.69) is 11.4 Å². The van der Waals surface area contributed by atoms with Crippen molar-refractivity contribution in [2.75, 3.05) is 13.7 Å². The maximum absolute atomic E-state index is 11.5. The molecule has 0 radical (unpaired) electrons. The molecule has 0 aromatic heterocycles. The van der Waals surface area contributed by atoms with Crippen LogP contribution in [0.2, 0.25) is 0 Å². The monoisotopic (exact) mass is 269 g/mol. The lowest BCUT2D eigenvalue weighted by Crippen LogP contribution is -2.20. The van der Waals surface area contributed by atoms with Crippen LogP contribution in [0.25, 0.3) is 0 Å². The second-order valence-corrected chi connectivity index (χ2v) is 4.47. The van der Waals surface area contributed by atoms with Crippen LogP contribution in [0.4, 0.5) is 0 Å². The normalized spacial score (nSPS) is 19.5. The van der Waals surface area contributed by atoms with Crippen molar-refractivity contribution in [2.24, 2.45) is 0 Å². The first-order valence-corrected chi connectivity index (χ1v) is 6.23. The molecule has 1 saturated heterocycles. The topological polar surface area (TPSA) is 38.3 Å². The van der Waals surface area contributed by atoms with Crippen molar-refractivity contribution in [1.82, 2.24) is 5.32 Å². The molecule has 3 nitrogen and oxygen atoms in total. The second kappa shape index (κ2) is 7.39. The summed E-state index contributed by atoms with van der Waals surface area (Å²) in [5, 5.41) is 3.53. The molecule has 1 N–H and O–H groups in total. The van der Waals surface area contributed by atoms with Gasteiger partial charge in [0.25, 0.3) is 0 Å². The zero-order chi connectivity index (χ0) is 12.1. The van der Waals surface area contributed by atoms with E-state index < -0.39 is 0 Å². The molecule has 0 bridgehead atoms. The van der Waals surface area contributed by atoms with Crippen LogP contribution in [0.5, 0.6) is 0 Å². The number of hydrogen-bond acceptors (Lipinski definition) is 3. The number of rotatable bonds is 2. The summed E-state index contributed by atoms with van der Waals surface area (Å²) in [5.74, 6) is -0.263. The first kappa shape index (κ1) is 15.0. The third-order valence-corrected chi connectivity index (χ3v) is 3.27. The molecule has 1 heterocycles. The molecule has 1 atom stereocenters. The van der Waals surface area contributed by atoms with Crippen molar-refractivity contribution in [3.8, 4) is 0 Å². The molecule has 0 aliphatic carbocycles. The van der Waals surface area contributed by atoms with Crippen molar-refractivity contribution in [3.63, 3.8) is 0 Å². The zero-order valence-electron chi connectivity index (χ0n) is 10.6. The smallest absolute Gasteiger partial charge is 0.337 e. The first-order valence-electron chi connectivity index (χ1n) is 6.23. The molecule has 0 spiro atoms. The Morgan fingerprint density at radius 3 is 2.94 bits per heavy atom. The van der Waals surface area contributed by atoms with E-state index in [1.165, 1.54) is 31.9 Å². The van der Waals surface area contributed by atoms with Crippen LogP contribution >= 0.6 is 12.4 Å². The highest BCUT2D eigenvalue weighted by Crippen LogP contribution is 2.23. The van der Waals surface area contributed by atoms with E-state index in [1.807, 2.05) is 12.1 Å². The van der Waals surface area contributed by atoms with Crippen LogP contribution in [-0.2, 0) is 4.74 Å². The van der Waals surface area contributed by atoms with Crippen molar-refractivity contribution >= 4 is 18.4 Å². The summed E-state index contributed by atoms with van der Waals surface area (Å²) in [6.07, 6.45) is 4.93. The number of halogens is 1. The van der Waals surface area contributed by atoms with Crippen LogP contribution in [0, 0.1) is 0 Å². The van der Waals surface area contributed by atoms with E-state index in [-0.39, 0.29) is 18.4 Å². The Morgan fingerprint density at radius 1 is 1.33 bits per heavy atom. The fraction of sp³-hybridized carbons (Fsp3) is 0.500. The Labute approximate surface area is 114 Å². The largest absolute Gasteiger partial charge is 0.465 e. The predicted octanol–water partition coefficient (Wildman–Crippen LogP) is 3.10. The van der Waals surface area contributed by atoms with Crippen molar-refractivity contribution < 1.29 is 9.53 Å². The van der Waals surface area contributed by atoms with E-state index in [9.17, 15) is 4.79 Å². The van der Waals surface area contributed by atoms with Gasteiger partial charge < -0.3 is 10.1 Å². The van der Waals surface area contributed by atoms with Gasteiger partial charge in [0.05, 0.1) is 12.7 Å². The lowest BCUT2D eigenvalue weighted by molar-refractivity contribution is 0.0600. The molecule has 1 aromatic rings. The lowest BCUT2D eigenvalue weighted by Gasteiger charge is -2.16. The summed E-state index contributed by atoms with van der Waals surface area (Å²) in [6.45, 7) is 1.06. The molecule has 100 valence electrons. The molecule has 18 heavy (non-hydrogen) atoms. The van der Waals surface area contributed by atoms with Gasteiger partial charge in [0.1, 0.15) is 0 Å². The third-order valence-electron chi connectivity index (χ3n) is 3.27. The minimum absolute atomic E-state index is 0. The molecular weight excluding hydrogens is 250 g/mol. The quantitative estimate of drug-likeness (QED) is 0.839. The number of methoxy groups -OCH3 is 1. The molecule has 1 unspecified atom stereocenters. The minimum atomic E-state index is -0.263. The van der Waals surface area contributed by atoms with Gasteiger partial charge in [-0.05, 0) is 37.1 Å². The second-order valence-electron chi connectivity index (χ2n) is 4.47. The number of esters is 1. The predicted molar refractivity (Wildman–Crippen MR) is 74.2 cm³/mol. The van der Waals surface area contributed by atoms with Gasteiger partial charge in [-0.25, -0.2) is 4.79 Å². The maximum Gasteiger partial charge on any atom is 0.337 e. The van der Waals surface area contributed by atoms with Crippen LogP contribution in [0.15, 0.2) is 24.3 Å². The zero-order valence-corrected chi connectivity index (χ0v) is 11.5. The lowest BCUT2D eigenvalue weighted by atomic mass is 10.00. The number of nitrogens with one attached hydrogen (secondary N) is 1. The molecule has 0 amide bonds. The van der Waals surface area contributed by atoms with Gasteiger partial charge in [0.15, 0.2) is 0 Å². The van der Waals surface area contributed by atoms with Gasteiger partial charge in [-0.1, -0.05) is 25.0 Å². The van der Waals surface area contributed by atoms with Crippen molar-refractivity contribution in [3.05, 3.63) is 35.4 Å². The van der Waals surface area contributed by atoms with Gasteiger partial charge in [-0.2, -0.15) is 0 Å². The van der Waals surface area contributed by atoms with E-state index in [4.69, 9.17) is 4.74 Å². The average molecular weight is 270 g/mol. The van der Waals surface area contributed by atoms with E-state index in [0.29, 0.717) is 11.6 Å². The van der Waals surface area contributed by atoms with Gasteiger partial charge >= 0.3 is 5.97 Å². The van der Waals surface area contributed by atoms with Gasteiger partial charge in [0, 0.05) is 6.04 Å². The Kier molecular flexibility index (Phi) is 6.16. The SMILES string of the molecule is COC(=O)c1cccc(C2CCCCCN2)c1.Cl. The van der Waals surface area contributed by atoms with Crippen LogP contribution in [0.1, 0.15) is 47.6 Å². The fourth-order valence-corrected chi connectivity index (χ4v) is 2.31. The van der Waals surface area contributed by atoms with E-state index >= 15 is 0 Å². The maximum atomic E-state index is 11.5. The summed E-state index contributed by atoms with van der Waals surface area (Å²) >= 11 is 0. The van der Waals surface area contributed by atoms with Crippen molar-refractivity contribution in [2.45, 2.75) is 31.7 Å². The van der Waals surface area contributed by atoms with E-state index in [0.717, 1.165) is 13.0 Å². The van der Waals surface area contributed by atoms with Gasteiger partial charge in [-0.3, -0.25) is 0 Å². The number of hydrogen-bond donors (Lipinski definition) is 1. The molecular formula is C14H20ClNO2. The average Bonchev–Trinajstić information content (AvgIpc) is 2.67. The first-order chi connectivity index (χ1) is 8.31. The molecule has 1 aliphatic heterocycles. The summed E-state index contributed by atoms with van der Waals surface area (Å²) in [5.41, 5.74) is 1.82. The van der Waals surface area contributed by atoms with Crippen LogP contribution in [-0.4, -0.2) is 19.6 Å². The van der Waals surface area contributed by atoms with E-state index in [1.54, 1.807) is 6.07 Å². The highest BCUT2D eigenvalue weighted by Gasteiger charge is 2.15. The molecule has 4 heteroatoms. The number of benzene rings is 1. The Balaban J connectivity index is 0.00000162. The number of carbonyl (C=O) groups is 1. The molecule has 1 fully saturated rings. The number of ether oxygens (including phenoxy) is 1.